The highest BCUT2D eigenvalue weighted by atomic mass is 79.9. The standard InChI is InChI=1S/C12H13BrN2O4/c1-18-2-3-19-7-8-4-9-10(13)6-14-12(9)11(5-8)15(16)17/h4-6,14H,2-3,7H2,1H3. The third-order valence-corrected chi connectivity index (χ3v) is 3.33. The van der Waals surface area contributed by atoms with Gasteiger partial charge in [0.25, 0.3) is 5.69 Å². The van der Waals surface area contributed by atoms with Gasteiger partial charge in [-0.1, -0.05) is 0 Å². The molecule has 0 saturated heterocycles. The van der Waals surface area contributed by atoms with Crippen LogP contribution in [0.2, 0.25) is 0 Å². The first-order valence-electron chi connectivity index (χ1n) is 5.64. The maximum Gasteiger partial charge on any atom is 0.293 e. The van der Waals surface area contributed by atoms with Crippen LogP contribution in [0, 0.1) is 10.1 Å². The van der Waals surface area contributed by atoms with Crippen molar-refractivity contribution in [2.45, 2.75) is 6.61 Å². The Morgan fingerprint density at radius 2 is 2.21 bits per heavy atom. The van der Waals surface area contributed by atoms with E-state index in [1.165, 1.54) is 6.07 Å². The van der Waals surface area contributed by atoms with Crippen molar-refractivity contribution in [2.24, 2.45) is 0 Å². The highest BCUT2D eigenvalue weighted by Crippen LogP contribution is 2.31. The van der Waals surface area contributed by atoms with Gasteiger partial charge in [-0.3, -0.25) is 10.1 Å². The summed E-state index contributed by atoms with van der Waals surface area (Å²) in [7, 11) is 1.59. The topological polar surface area (TPSA) is 77.4 Å². The summed E-state index contributed by atoms with van der Waals surface area (Å²) < 4.78 is 11.1. The van der Waals surface area contributed by atoms with Crippen molar-refractivity contribution in [3.05, 3.63) is 38.5 Å². The molecule has 0 aliphatic heterocycles. The summed E-state index contributed by atoms with van der Waals surface area (Å²) in [6.07, 6.45) is 1.69. The molecule has 1 heterocycles. The first-order chi connectivity index (χ1) is 9.13. The van der Waals surface area contributed by atoms with Gasteiger partial charge >= 0.3 is 0 Å². The molecule has 0 fully saturated rings. The smallest absolute Gasteiger partial charge is 0.293 e. The van der Waals surface area contributed by atoms with Gasteiger partial charge in [0, 0.05) is 29.2 Å². The Hall–Kier alpha value is -1.44. The van der Waals surface area contributed by atoms with E-state index in [4.69, 9.17) is 9.47 Å². The molecule has 0 aliphatic carbocycles. The predicted octanol–water partition coefficient (Wildman–Crippen LogP) is 3.00. The zero-order chi connectivity index (χ0) is 13.8. The molecule has 0 saturated carbocycles. The molecule has 1 aromatic carbocycles. The van der Waals surface area contributed by atoms with Crippen molar-refractivity contribution >= 4 is 32.5 Å². The molecular weight excluding hydrogens is 316 g/mol. The quantitative estimate of drug-likeness (QED) is 0.502. The molecule has 6 nitrogen and oxygen atoms in total. The van der Waals surface area contributed by atoms with Crippen LogP contribution in [0.3, 0.4) is 0 Å². The Bertz CT molecular complexity index is 597. The van der Waals surface area contributed by atoms with E-state index in [0.29, 0.717) is 25.3 Å². The lowest BCUT2D eigenvalue weighted by Gasteiger charge is -2.05. The predicted molar refractivity (Wildman–Crippen MR) is 74.2 cm³/mol. The van der Waals surface area contributed by atoms with Crippen molar-refractivity contribution in [1.82, 2.24) is 4.98 Å². The van der Waals surface area contributed by atoms with Gasteiger partial charge in [0.05, 0.1) is 24.7 Å². The third-order valence-electron chi connectivity index (χ3n) is 2.68. The number of halogens is 1. The van der Waals surface area contributed by atoms with Gasteiger partial charge in [-0.25, -0.2) is 0 Å². The fraction of sp³-hybridized carbons (Fsp3) is 0.333. The number of ether oxygens (including phenoxy) is 2. The number of hydrogen-bond donors (Lipinski definition) is 1. The normalized spacial score (nSPS) is 11.1. The van der Waals surface area contributed by atoms with Gasteiger partial charge in [-0.15, -0.1) is 0 Å². The van der Waals surface area contributed by atoms with Crippen LogP contribution < -0.4 is 0 Å². The minimum atomic E-state index is -0.399. The maximum atomic E-state index is 11.1. The summed E-state index contributed by atoms with van der Waals surface area (Å²) in [5.41, 5.74) is 1.32. The number of hydrogen-bond acceptors (Lipinski definition) is 4. The second-order valence-electron chi connectivity index (χ2n) is 3.98. The lowest BCUT2D eigenvalue weighted by atomic mass is 10.1. The number of non-ortho nitro benzene ring substituents is 1. The Balaban J connectivity index is 2.29. The van der Waals surface area contributed by atoms with Crippen LogP contribution in [-0.2, 0) is 16.1 Å². The fourth-order valence-electron chi connectivity index (χ4n) is 1.80. The van der Waals surface area contributed by atoms with Gasteiger partial charge in [-0.2, -0.15) is 0 Å². The van der Waals surface area contributed by atoms with E-state index in [1.54, 1.807) is 13.3 Å². The summed E-state index contributed by atoms with van der Waals surface area (Å²) in [6, 6.07) is 3.40. The van der Waals surface area contributed by atoms with E-state index in [2.05, 4.69) is 20.9 Å². The average molecular weight is 329 g/mol. The van der Waals surface area contributed by atoms with Crippen LogP contribution in [0.25, 0.3) is 10.9 Å². The summed E-state index contributed by atoms with van der Waals surface area (Å²) in [5.74, 6) is 0. The number of aromatic amines is 1. The Morgan fingerprint density at radius 1 is 1.42 bits per heavy atom. The molecule has 0 spiro atoms. The fourth-order valence-corrected chi connectivity index (χ4v) is 2.23. The number of nitrogens with zero attached hydrogens (tertiary/aromatic N) is 1. The summed E-state index contributed by atoms with van der Waals surface area (Å²) >= 11 is 3.36. The molecule has 1 N–H and O–H groups in total. The molecule has 0 unspecified atom stereocenters. The van der Waals surface area contributed by atoms with Crippen LogP contribution >= 0.6 is 15.9 Å². The Labute approximate surface area is 118 Å². The van der Waals surface area contributed by atoms with E-state index in [1.807, 2.05) is 6.07 Å². The van der Waals surface area contributed by atoms with Gasteiger partial charge in [0.15, 0.2) is 0 Å². The second-order valence-corrected chi connectivity index (χ2v) is 4.83. The number of rotatable bonds is 6. The van der Waals surface area contributed by atoms with Crippen molar-refractivity contribution in [1.29, 1.82) is 0 Å². The molecule has 7 heteroatoms. The van der Waals surface area contributed by atoms with Crippen LogP contribution in [0.1, 0.15) is 5.56 Å². The monoisotopic (exact) mass is 328 g/mol. The van der Waals surface area contributed by atoms with Crippen LogP contribution in [-0.4, -0.2) is 30.2 Å². The molecular formula is C12H13BrN2O4. The first-order valence-corrected chi connectivity index (χ1v) is 6.43. The molecule has 19 heavy (non-hydrogen) atoms. The SMILES string of the molecule is COCCOCc1cc([N+](=O)[O-])c2[nH]cc(Br)c2c1. The van der Waals surface area contributed by atoms with Crippen molar-refractivity contribution in [2.75, 3.05) is 20.3 Å². The molecule has 2 rings (SSSR count). The summed E-state index contributed by atoms with van der Waals surface area (Å²) in [6.45, 7) is 1.27. The van der Waals surface area contributed by atoms with E-state index in [-0.39, 0.29) is 5.69 Å². The largest absolute Gasteiger partial charge is 0.382 e. The van der Waals surface area contributed by atoms with Crippen LogP contribution in [0.4, 0.5) is 5.69 Å². The van der Waals surface area contributed by atoms with Gasteiger partial charge in [0.2, 0.25) is 0 Å². The van der Waals surface area contributed by atoms with Crippen molar-refractivity contribution in [3.8, 4) is 0 Å². The highest BCUT2D eigenvalue weighted by Gasteiger charge is 2.16. The Morgan fingerprint density at radius 3 is 2.89 bits per heavy atom. The van der Waals surface area contributed by atoms with Crippen LogP contribution in [0.15, 0.2) is 22.8 Å². The molecule has 0 atom stereocenters. The van der Waals surface area contributed by atoms with Gasteiger partial charge < -0.3 is 14.5 Å². The van der Waals surface area contributed by atoms with E-state index in [0.717, 1.165) is 15.4 Å². The van der Waals surface area contributed by atoms with Gasteiger partial charge in [-0.05, 0) is 27.6 Å². The van der Waals surface area contributed by atoms with E-state index in [9.17, 15) is 10.1 Å². The molecule has 1 aromatic heterocycles. The molecule has 0 radical (unpaired) electrons. The van der Waals surface area contributed by atoms with Crippen molar-refractivity contribution in [3.63, 3.8) is 0 Å². The minimum Gasteiger partial charge on any atom is -0.382 e. The number of nitro benzene ring substituents is 1. The van der Waals surface area contributed by atoms with Crippen LogP contribution in [0.5, 0.6) is 0 Å². The molecule has 0 amide bonds. The molecule has 0 aliphatic rings. The third kappa shape index (κ3) is 3.12. The lowest BCUT2D eigenvalue weighted by Crippen LogP contribution is -2.02. The highest BCUT2D eigenvalue weighted by molar-refractivity contribution is 9.10. The lowest BCUT2D eigenvalue weighted by molar-refractivity contribution is -0.383. The Kier molecular flexibility index (Phi) is 4.52. The number of H-pyrrole nitrogens is 1. The van der Waals surface area contributed by atoms with Gasteiger partial charge in [0.1, 0.15) is 5.52 Å². The molecule has 0 bridgehead atoms. The summed E-state index contributed by atoms with van der Waals surface area (Å²) in [4.78, 5) is 13.6. The zero-order valence-corrected chi connectivity index (χ0v) is 11.9. The first kappa shape index (κ1) is 14.0. The number of benzene rings is 1. The van der Waals surface area contributed by atoms with E-state index >= 15 is 0 Å². The number of nitrogens with one attached hydrogen (secondary N) is 1. The average Bonchev–Trinajstić information content (AvgIpc) is 2.76. The zero-order valence-electron chi connectivity index (χ0n) is 10.3. The summed E-state index contributed by atoms with van der Waals surface area (Å²) in [5, 5.41) is 11.8. The van der Waals surface area contributed by atoms with E-state index < -0.39 is 4.92 Å². The van der Waals surface area contributed by atoms with Crippen molar-refractivity contribution < 1.29 is 14.4 Å². The maximum absolute atomic E-state index is 11.1. The minimum absolute atomic E-state index is 0.0496. The molecule has 102 valence electrons. The second kappa shape index (κ2) is 6.14. The number of nitro groups is 1. The molecule has 2 aromatic rings. The number of methoxy groups -OCH3 is 1. The number of aromatic nitrogens is 1. The number of fused-ring (bicyclic) bond motifs is 1.